The number of benzene rings is 12. The predicted octanol–water partition coefficient (Wildman–Crippen LogP) is 17.8. The van der Waals surface area contributed by atoms with Crippen LogP contribution in [0.2, 0.25) is 0 Å². The standard InChI is InChI=1S/C75H45N/c1-2-22-46(23-3-1)76-67-43-19-11-31-54(67)72-68(76)45-44-66-71(72)53-30-10-18-38-61(53)75(66,64-41-20-39-62-69(64)51-28-8-16-36-59(51)73(62)55-32-12-4-24-47(55)48-25-5-13-33-56(48)73)65-42-21-40-63-70(65)52-29-9-17-37-60(52)74(63)57-34-14-6-26-49(57)50-27-7-15-35-58(50)74/h1-45H. The predicted molar refractivity (Wildman–Crippen MR) is 311 cm³/mol. The van der Waals surface area contributed by atoms with Gasteiger partial charge in [-0.25, -0.2) is 0 Å². The van der Waals surface area contributed by atoms with Crippen LogP contribution in [-0.2, 0) is 16.2 Å². The fourth-order valence-corrected chi connectivity index (χ4v) is 16.3. The molecular weight excluding hydrogens is 915 g/mol. The zero-order valence-corrected chi connectivity index (χ0v) is 41.4. The van der Waals surface area contributed by atoms with E-state index in [-0.39, 0.29) is 0 Å². The lowest BCUT2D eigenvalue weighted by atomic mass is 9.62. The third-order valence-electron chi connectivity index (χ3n) is 18.7. The van der Waals surface area contributed by atoms with Crippen molar-refractivity contribution in [2.24, 2.45) is 0 Å². The molecule has 1 heteroatoms. The average molecular weight is 960 g/mol. The van der Waals surface area contributed by atoms with Crippen molar-refractivity contribution >= 4 is 21.8 Å². The average Bonchev–Trinajstić information content (AvgIpc) is 4.46. The lowest BCUT2D eigenvalue weighted by Crippen LogP contribution is -2.32. The highest BCUT2D eigenvalue weighted by molar-refractivity contribution is 6.19. The molecule has 1 aromatic heterocycles. The van der Waals surface area contributed by atoms with Gasteiger partial charge in [-0.05, 0) is 147 Å². The smallest absolute Gasteiger partial charge is 0.0726 e. The van der Waals surface area contributed by atoms with Gasteiger partial charge >= 0.3 is 0 Å². The van der Waals surface area contributed by atoms with Crippen molar-refractivity contribution in [3.05, 3.63) is 340 Å². The monoisotopic (exact) mass is 959 g/mol. The Morgan fingerprint density at radius 1 is 0.197 bits per heavy atom. The summed E-state index contributed by atoms with van der Waals surface area (Å²) in [6.45, 7) is 0. The molecule has 0 radical (unpaired) electrons. The van der Waals surface area contributed by atoms with Crippen LogP contribution < -0.4 is 0 Å². The normalized spacial score (nSPS) is 15.2. The van der Waals surface area contributed by atoms with Gasteiger partial charge in [0.05, 0.1) is 27.3 Å². The third kappa shape index (κ3) is 4.52. The second-order valence-electron chi connectivity index (χ2n) is 21.6. The van der Waals surface area contributed by atoms with Crippen molar-refractivity contribution in [2.45, 2.75) is 16.2 Å². The molecule has 0 saturated carbocycles. The summed E-state index contributed by atoms with van der Waals surface area (Å²) in [5, 5.41) is 2.55. The van der Waals surface area contributed by atoms with Gasteiger partial charge in [-0.1, -0.05) is 249 Å². The summed E-state index contributed by atoms with van der Waals surface area (Å²) in [6, 6.07) is 105. The first kappa shape index (κ1) is 40.9. The van der Waals surface area contributed by atoms with E-state index in [1.807, 2.05) is 0 Å². The molecule has 0 N–H and O–H groups in total. The molecule has 1 heterocycles. The molecule has 18 rings (SSSR count). The molecule has 0 unspecified atom stereocenters. The van der Waals surface area contributed by atoms with Crippen LogP contribution in [-0.4, -0.2) is 4.57 Å². The van der Waals surface area contributed by atoms with Crippen LogP contribution >= 0.6 is 0 Å². The second kappa shape index (κ2) is 14.4. The maximum atomic E-state index is 2.53. The van der Waals surface area contributed by atoms with Gasteiger partial charge in [0.25, 0.3) is 0 Å². The van der Waals surface area contributed by atoms with Crippen LogP contribution in [0.25, 0.3) is 83.1 Å². The van der Waals surface area contributed by atoms with Gasteiger partial charge in [0.1, 0.15) is 0 Å². The van der Waals surface area contributed by atoms with Crippen molar-refractivity contribution in [1.29, 1.82) is 0 Å². The second-order valence-corrected chi connectivity index (χ2v) is 21.6. The highest BCUT2D eigenvalue weighted by atomic mass is 15.0. The summed E-state index contributed by atoms with van der Waals surface area (Å²) in [5.74, 6) is 0. The van der Waals surface area contributed by atoms with Crippen molar-refractivity contribution in [2.75, 3.05) is 0 Å². The molecule has 0 saturated heterocycles. The van der Waals surface area contributed by atoms with Gasteiger partial charge in [0, 0.05) is 16.5 Å². The Labute approximate surface area is 441 Å². The minimum absolute atomic E-state index is 0.517. The molecule has 0 fully saturated rings. The SMILES string of the molecule is c1ccc(-n2c3ccccc3c3c4c(ccc32)C(c2cccc3c2-c2ccccc2C32c3ccccc3-c3ccccc32)(c2cccc3c2-c2ccccc2C32c3ccccc3-c3ccccc32)c2ccccc2-4)cc1. The number of para-hydroxylation sites is 2. The van der Waals surface area contributed by atoms with E-state index in [1.165, 1.54) is 144 Å². The van der Waals surface area contributed by atoms with E-state index in [0.29, 0.717) is 0 Å². The molecule has 5 aliphatic rings. The largest absolute Gasteiger partial charge is 0.309 e. The Kier molecular flexibility index (Phi) is 7.74. The number of rotatable bonds is 3. The Bertz CT molecular complexity index is 4430. The zero-order valence-electron chi connectivity index (χ0n) is 41.4. The minimum atomic E-state index is -0.806. The van der Waals surface area contributed by atoms with Crippen molar-refractivity contribution in [3.8, 4) is 61.3 Å². The number of hydrogen-bond donors (Lipinski definition) is 0. The highest BCUT2D eigenvalue weighted by Gasteiger charge is 2.58. The molecule has 2 spiro atoms. The Morgan fingerprint density at radius 3 is 0.934 bits per heavy atom. The first-order valence-corrected chi connectivity index (χ1v) is 26.8. The molecule has 12 aromatic carbocycles. The topological polar surface area (TPSA) is 4.93 Å². The van der Waals surface area contributed by atoms with Crippen LogP contribution in [0.1, 0.15) is 66.8 Å². The molecular formula is C75H45N. The van der Waals surface area contributed by atoms with Gasteiger partial charge in [0.2, 0.25) is 0 Å². The lowest BCUT2D eigenvalue weighted by molar-refractivity contribution is 0.756. The first-order valence-electron chi connectivity index (χ1n) is 26.8. The molecule has 13 aromatic rings. The van der Waals surface area contributed by atoms with E-state index in [0.717, 1.165) is 5.69 Å². The summed E-state index contributed by atoms with van der Waals surface area (Å²) in [7, 11) is 0. The van der Waals surface area contributed by atoms with Crippen LogP contribution in [0.3, 0.4) is 0 Å². The van der Waals surface area contributed by atoms with Crippen LogP contribution in [0.5, 0.6) is 0 Å². The summed E-state index contributed by atoms with van der Waals surface area (Å²) in [4.78, 5) is 0. The molecule has 350 valence electrons. The zero-order chi connectivity index (χ0) is 49.5. The Morgan fingerprint density at radius 2 is 0.500 bits per heavy atom. The van der Waals surface area contributed by atoms with Gasteiger partial charge in [-0.3, -0.25) is 0 Å². The number of hydrogen-bond acceptors (Lipinski definition) is 0. The summed E-state index contributed by atoms with van der Waals surface area (Å²) >= 11 is 0. The maximum Gasteiger partial charge on any atom is 0.0726 e. The maximum absolute atomic E-state index is 2.53. The van der Waals surface area contributed by atoms with Gasteiger partial charge in [-0.15, -0.1) is 0 Å². The van der Waals surface area contributed by atoms with Crippen molar-refractivity contribution in [3.63, 3.8) is 0 Å². The molecule has 0 bridgehead atoms. The Hall–Kier alpha value is -9.56. The van der Waals surface area contributed by atoms with Crippen molar-refractivity contribution < 1.29 is 0 Å². The molecule has 1 nitrogen and oxygen atoms in total. The van der Waals surface area contributed by atoms with E-state index < -0.39 is 16.2 Å². The third-order valence-corrected chi connectivity index (χ3v) is 18.7. The highest BCUT2D eigenvalue weighted by Crippen LogP contribution is 2.70. The van der Waals surface area contributed by atoms with Crippen LogP contribution in [0.15, 0.2) is 273 Å². The number of fused-ring (bicyclic) bond motifs is 27. The van der Waals surface area contributed by atoms with Crippen LogP contribution in [0, 0.1) is 0 Å². The Balaban J connectivity index is 1.05. The van der Waals surface area contributed by atoms with Gasteiger partial charge < -0.3 is 4.57 Å². The van der Waals surface area contributed by atoms with Crippen molar-refractivity contribution in [1.82, 2.24) is 4.57 Å². The van der Waals surface area contributed by atoms with E-state index in [2.05, 4.69) is 278 Å². The van der Waals surface area contributed by atoms with Crippen LogP contribution in [0.4, 0.5) is 0 Å². The summed E-state index contributed by atoms with van der Waals surface area (Å²) in [5.41, 5.74) is 30.9. The van der Waals surface area contributed by atoms with E-state index in [4.69, 9.17) is 0 Å². The molecule has 0 aliphatic heterocycles. The van der Waals surface area contributed by atoms with Gasteiger partial charge in [-0.2, -0.15) is 0 Å². The van der Waals surface area contributed by atoms with E-state index >= 15 is 0 Å². The fourth-order valence-electron chi connectivity index (χ4n) is 16.3. The molecule has 76 heavy (non-hydrogen) atoms. The van der Waals surface area contributed by atoms with E-state index in [1.54, 1.807) is 0 Å². The number of aromatic nitrogens is 1. The van der Waals surface area contributed by atoms with Gasteiger partial charge in [0.15, 0.2) is 0 Å². The molecule has 5 aliphatic carbocycles. The molecule has 0 atom stereocenters. The lowest BCUT2D eigenvalue weighted by Gasteiger charge is -2.38. The minimum Gasteiger partial charge on any atom is -0.309 e. The number of nitrogens with zero attached hydrogens (tertiary/aromatic N) is 1. The summed E-state index contributed by atoms with van der Waals surface area (Å²) in [6.07, 6.45) is 0. The van der Waals surface area contributed by atoms with E-state index in [9.17, 15) is 0 Å². The fraction of sp³-hybridized carbons (Fsp3) is 0.0400. The molecule has 0 amide bonds. The quantitative estimate of drug-likeness (QED) is 0.166. The first-order chi connectivity index (χ1) is 37.8. The summed E-state index contributed by atoms with van der Waals surface area (Å²) < 4.78 is 2.48.